The molecule has 0 spiro atoms. The molecule has 2 aromatic carbocycles. The fourth-order valence-electron chi connectivity index (χ4n) is 4.46. The average molecular weight is 505 g/mol. The lowest BCUT2D eigenvalue weighted by atomic mass is 10.2. The molecule has 0 aliphatic carbocycles. The molecular weight excluding hydrogens is 469 g/mol. The van der Waals surface area contributed by atoms with Crippen LogP contribution in [0.15, 0.2) is 60.7 Å². The molecule has 0 saturated carbocycles. The van der Waals surface area contributed by atoms with Crippen molar-refractivity contribution in [2.45, 2.75) is 63.7 Å². The lowest BCUT2D eigenvalue weighted by molar-refractivity contribution is -0.151. The minimum atomic E-state index is -2.74. The van der Waals surface area contributed by atoms with Gasteiger partial charge in [-0.3, -0.25) is 0 Å². The van der Waals surface area contributed by atoms with E-state index in [-0.39, 0.29) is 22.7 Å². The summed E-state index contributed by atoms with van der Waals surface area (Å²) in [6.07, 6.45) is 0.137. The first kappa shape index (κ1) is 26.4. The van der Waals surface area contributed by atoms with Crippen molar-refractivity contribution >= 4 is 47.1 Å². The summed E-state index contributed by atoms with van der Waals surface area (Å²) >= 11 is 6.96. The number of hydrogen-bond donors (Lipinski definition) is 0. The molecule has 1 saturated heterocycles. The first-order valence-electron chi connectivity index (χ1n) is 11.7. The van der Waals surface area contributed by atoms with Crippen LogP contribution in [0.2, 0.25) is 5.04 Å². The van der Waals surface area contributed by atoms with Gasteiger partial charge in [0.1, 0.15) is 6.61 Å². The van der Waals surface area contributed by atoms with E-state index in [1.807, 2.05) is 13.8 Å². The van der Waals surface area contributed by atoms with Gasteiger partial charge in [-0.25, -0.2) is 0 Å². The molecule has 0 amide bonds. The fourth-order valence-corrected chi connectivity index (χ4v) is 10.6. The van der Waals surface area contributed by atoms with Crippen LogP contribution < -0.4 is 10.4 Å². The highest BCUT2D eigenvalue weighted by atomic mass is 32.2. The predicted octanol–water partition coefficient (Wildman–Crippen LogP) is 5.14. The van der Waals surface area contributed by atoms with Gasteiger partial charge >= 0.3 is 0 Å². The zero-order chi connectivity index (χ0) is 23.9. The highest BCUT2D eigenvalue weighted by Gasteiger charge is 2.53. The van der Waals surface area contributed by atoms with Gasteiger partial charge in [-0.15, -0.1) is 0 Å². The van der Waals surface area contributed by atoms with Gasteiger partial charge in [0.15, 0.2) is 6.29 Å². The minimum Gasteiger partial charge on any atom is -0.477 e. The third-order valence-corrected chi connectivity index (χ3v) is 12.4. The molecule has 0 N–H and O–H groups in total. The Morgan fingerprint density at radius 1 is 0.970 bits per heavy atom. The lowest BCUT2D eigenvalue weighted by Crippen LogP contribution is -2.68. The van der Waals surface area contributed by atoms with E-state index in [4.69, 9.17) is 30.9 Å². The number of hydrogen-bond acceptors (Lipinski definition) is 6. The molecule has 1 heterocycles. The Morgan fingerprint density at radius 3 is 1.88 bits per heavy atom. The van der Waals surface area contributed by atoms with Gasteiger partial charge in [0.2, 0.25) is 4.38 Å². The van der Waals surface area contributed by atoms with Gasteiger partial charge in [0.05, 0.1) is 11.4 Å². The van der Waals surface area contributed by atoms with E-state index < -0.39 is 8.32 Å². The minimum absolute atomic E-state index is 0.0857. The summed E-state index contributed by atoms with van der Waals surface area (Å²) < 4.78 is 25.6. The third kappa shape index (κ3) is 6.27. The second kappa shape index (κ2) is 12.0. The molecule has 2 aromatic rings. The van der Waals surface area contributed by atoms with Crippen molar-refractivity contribution < 1.29 is 18.6 Å². The molecular formula is C26H36O4S2Si. The third-order valence-electron chi connectivity index (χ3n) is 5.90. The van der Waals surface area contributed by atoms with Crippen molar-refractivity contribution in [3.8, 4) is 0 Å². The molecule has 4 nitrogen and oxygen atoms in total. The van der Waals surface area contributed by atoms with Crippen molar-refractivity contribution in [2.24, 2.45) is 0 Å². The first-order valence-corrected chi connectivity index (χ1v) is 14.9. The molecule has 1 fully saturated rings. The van der Waals surface area contributed by atoms with Crippen molar-refractivity contribution in [3.63, 3.8) is 0 Å². The van der Waals surface area contributed by atoms with Crippen molar-refractivity contribution in [2.75, 3.05) is 19.8 Å². The first-order chi connectivity index (χ1) is 15.8. The molecule has 3 rings (SSSR count). The van der Waals surface area contributed by atoms with Crippen molar-refractivity contribution in [1.82, 2.24) is 0 Å². The second-order valence-corrected chi connectivity index (χ2v) is 15.2. The van der Waals surface area contributed by atoms with Gasteiger partial charge in [0.25, 0.3) is 8.32 Å². The van der Waals surface area contributed by atoms with E-state index in [2.05, 4.69) is 81.4 Å². The second-order valence-electron chi connectivity index (χ2n) is 9.11. The summed E-state index contributed by atoms with van der Waals surface area (Å²) in [4.78, 5) is 0. The zero-order valence-corrected chi connectivity index (χ0v) is 22.9. The molecule has 0 radical (unpaired) electrons. The standard InChI is InChI=1S/C26H36O4S2Si/c1-6-27-24(28-7-2)18-22(23-19-29-25(31)32-23)30-33(26(3,4)5,20-14-10-8-11-15-20)21-16-12-9-13-17-21/h8-17,22-24H,6-7,18-19H2,1-5H3/t22-,23+/m0/s1. The molecule has 33 heavy (non-hydrogen) atoms. The largest absolute Gasteiger partial charge is 0.477 e. The number of ether oxygens (including phenoxy) is 3. The van der Waals surface area contributed by atoms with Crippen LogP contribution in [0.25, 0.3) is 0 Å². The van der Waals surface area contributed by atoms with Crippen LogP contribution in [-0.2, 0) is 18.6 Å². The fraction of sp³-hybridized carbons (Fsp3) is 0.500. The SMILES string of the molecule is CCOC(C[C@H](O[Si](c1ccccc1)(c1ccccc1)C(C)(C)C)[C@H]1COC(=S)S1)OCC. The summed E-state index contributed by atoms with van der Waals surface area (Å²) in [5.41, 5.74) is 0. The van der Waals surface area contributed by atoms with E-state index in [1.165, 1.54) is 10.4 Å². The molecule has 180 valence electrons. The van der Waals surface area contributed by atoms with Crippen molar-refractivity contribution in [1.29, 1.82) is 0 Å². The number of benzene rings is 2. The van der Waals surface area contributed by atoms with Crippen LogP contribution in [0.5, 0.6) is 0 Å². The van der Waals surface area contributed by atoms with Crippen molar-refractivity contribution in [3.05, 3.63) is 60.7 Å². The molecule has 0 unspecified atom stereocenters. The maximum atomic E-state index is 7.45. The Hall–Kier alpha value is -1.22. The summed E-state index contributed by atoms with van der Waals surface area (Å²) in [5, 5.41) is 2.47. The van der Waals surface area contributed by atoms with Crippen LogP contribution in [0.1, 0.15) is 41.0 Å². The number of thiocarbonyl (C=S) groups is 1. The maximum absolute atomic E-state index is 7.45. The number of rotatable bonds is 11. The van der Waals surface area contributed by atoms with Crippen LogP contribution in [0.3, 0.4) is 0 Å². The molecule has 0 bridgehead atoms. The Kier molecular flexibility index (Phi) is 9.56. The summed E-state index contributed by atoms with van der Waals surface area (Å²) in [5.74, 6) is 0. The maximum Gasteiger partial charge on any atom is 0.261 e. The molecule has 1 aliphatic heterocycles. The zero-order valence-electron chi connectivity index (χ0n) is 20.3. The van der Waals surface area contributed by atoms with E-state index >= 15 is 0 Å². The van der Waals surface area contributed by atoms with Crippen LogP contribution in [0.4, 0.5) is 0 Å². The smallest absolute Gasteiger partial charge is 0.261 e. The van der Waals surface area contributed by atoms with Crippen LogP contribution >= 0.6 is 24.0 Å². The average Bonchev–Trinajstić information content (AvgIpc) is 3.23. The van der Waals surface area contributed by atoms with Crippen LogP contribution in [0, 0.1) is 0 Å². The Bertz CT molecular complexity index is 827. The van der Waals surface area contributed by atoms with Gasteiger partial charge in [-0.05, 0) is 41.5 Å². The quantitative estimate of drug-likeness (QED) is 0.240. The highest BCUT2D eigenvalue weighted by molar-refractivity contribution is 8.23. The number of thioether (sulfide) groups is 1. The normalized spacial score (nSPS) is 17.9. The van der Waals surface area contributed by atoms with E-state index in [0.29, 0.717) is 30.6 Å². The topological polar surface area (TPSA) is 36.9 Å². The summed E-state index contributed by atoms with van der Waals surface area (Å²) in [6, 6.07) is 21.4. The molecule has 2 atom stereocenters. The molecule has 1 aliphatic rings. The Balaban J connectivity index is 2.11. The molecule has 0 aromatic heterocycles. The Labute approximate surface area is 209 Å². The van der Waals surface area contributed by atoms with Crippen LogP contribution in [-0.4, -0.2) is 50.2 Å². The summed E-state index contributed by atoms with van der Waals surface area (Å²) in [7, 11) is -2.74. The highest BCUT2D eigenvalue weighted by Crippen LogP contribution is 2.40. The van der Waals surface area contributed by atoms with E-state index in [1.54, 1.807) is 11.8 Å². The van der Waals surface area contributed by atoms with Gasteiger partial charge in [-0.1, -0.05) is 93.2 Å². The Morgan fingerprint density at radius 2 is 1.48 bits per heavy atom. The molecule has 7 heteroatoms. The van der Waals surface area contributed by atoms with Gasteiger partial charge < -0.3 is 18.6 Å². The van der Waals surface area contributed by atoms with E-state index in [0.717, 1.165) is 0 Å². The predicted molar refractivity (Wildman–Crippen MR) is 144 cm³/mol. The van der Waals surface area contributed by atoms with E-state index in [9.17, 15) is 0 Å². The lowest BCUT2D eigenvalue weighted by Gasteiger charge is -2.46. The van der Waals surface area contributed by atoms with Gasteiger partial charge in [-0.2, -0.15) is 0 Å². The van der Waals surface area contributed by atoms with Gasteiger partial charge in [0, 0.05) is 19.6 Å². The summed E-state index contributed by atoms with van der Waals surface area (Å²) in [6.45, 7) is 12.6. The monoisotopic (exact) mass is 504 g/mol.